The Hall–Kier alpha value is 4.43. The van der Waals surface area contributed by atoms with Gasteiger partial charge in [0.05, 0.1) is 0 Å². The molecule has 0 N–H and O–H groups in total. The van der Waals surface area contributed by atoms with Crippen LogP contribution in [0.25, 0.3) is 0 Å². The van der Waals surface area contributed by atoms with Gasteiger partial charge in [0, 0.05) is 114 Å². The Bertz CT molecular complexity index is 19.7. The second-order valence-electron chi connectivity index (χ2n) is 0. The van der Waals surface area contributed by atoms with Gasteiger partial charge in [-0.05, 0) is 0 Å². The van der Waals surface area contributed by atoms with E-state index >= 15 is 0 Å². The normalized spacial score (nSPS) is 0.714. The molecular weight excluding hydrogens is 770 g/mol. The van der Waals surface area contributed by atoms with Crippen molar-refractivity contribution < 1.29 is 133 Å². The van der Waals surface area contributed by atoms with Crippen LogP contribution in [0.3, 0.4) is 0 Å². The van der Waals surface area contributed by atoms with E-state index < -0.39 is 0 Å². The van der Waals surface area contributed by atoms with Crippen molar-refractivity contribution in [3.63, 3.8) is 0 Å². The van der Waals surface area contributed by atoms with Crippen molar-refractivity contribution in [1.82, 2.24) is 0 Å². The molecule has 0 aromatic rings. The molecule has 7 heteroatoms. The van der Waals surface area contributed by atoms with Gasteiger partial charge in [-0.25, -0.2) is 0 Å². The summed E-state index contributed by atoms with van der Waals surface area (Å²) in [5.41, 5.74) is 0. The molecule has 0 spiro atoms. The van der Waals surface area contributed by atoms with E-state index in [1.165, 1.54) is 0 Å². The van der Waals surface area contributed by atoms with Crippen LogP contribution in [0.4, 0.5) is 0 Å². The molecule has 0 nitrogen and oxygen atoms in total. The van der Waals surface area contributed by atoms with E-state index in [9.17, 15) is 0 Å². The topological polar surface area (TPSA) is 0 Å². The minimum Gasteiger partial charge on any atom is 0 e. The number of hydrogen-bond donors (Lipinski definition) is 0. The van der Waals surface area contributed by atoms with Crippen molar-refractivity contribution in [2.75, 3.05) is 0 Å². The Labute approximate surface area is 136 Å². The van der Waals surface area contributed by atoms with Gasteiger partial charge < -0.3 is 0 Å². The first-order chi connectivity index (χ1) is 1.00. The van der Waals surface area contributed by atoms with Gasteiger partial charge in [-0.3, -0.25) is 0 Å². The van der Waals surface area contributed by atoms with E-state index in [0.29, 0.717) is 0 Å². The third kappa shape index (κ3) is 37.8. The quantitative estimate of drug-likeness (QED) is 0.280. The van der Waals surface area contributed by atoms with Gasteiger partial charge in [0.15, 0.2) is 0 Å². The molecule has 0 aliphatic heterocycles. The minimum absolute atomic E-state index is 0. The molecular formula is H2BCoCrHfPtReY. The summed E-state index contributed by atoms with van der Waals surface area (Å²) < 4.78 is 0. The molecule has 2 radical (unpaired) electrons. The predicted octanol–water partition coefficient (Wildman–Crippen LogP) is -0.931. The number of hydrogen-bond acceptors (Lipinski definition) is 0. The summed E-state index contributed by atoms with van der Waals surface area (Å²) in [5.74, 6) is 0. The summed E-state index contributed by atoms with van der Waals surface area (Å²) in [7, 11) is 0. The van der Waals surface area contributed by atoms with Gasteiger partial charge in [-0.2, -0.15) is 0 Å². The molecule has 0 unspecified atom stereocenters. The fourth-order valence-electron chi connectivity index (χ4n) is 0. The molecule has 0 fully saturated rings. The van der Waals surface area contributed by atoms with Crippen LogP contribution in [0, 0.1) is 0 Å². The van der Waals surface area contributed by atoms with Crippen LogP contribution >= 0.6 is 0 Å². The molecule has 0 amide bonds. The number of rotatable bonds is 0. The zero-order chi connectivity index (χ0) is 2.00. The Morgan fingerprint density at radius 2 is 1.14 bits per heavy atom. The molecule has 0 atom stereocenters. The Kier molecular flexibility index (Phi) is 285. The Morgan fingerprint density at radius 3 is 1.14 bits per heavy atom. The first-order valence-electron chi connectivity index (χ1n) is 0.378. The van der Waals surface area contributed by atoms with Crippen molar-refractivity contribution in [2.24, 2.45) is 0 Å². The predicted molar refractivity (Wildman–Crippen MR) is 8.54 cm³/mol. The van der Waals surface area contributed by atoms with Gasteiger partial charge in [0.2, 0.25) is 0 Å². The third-order valence-corrected chi connectivity index (χ3v) is 0. The molecule has 0 rings (SSSR count). The fraction of sp³-hybridized carbons (Fsp3) is 0. The maximum Gasteiger partial charge on any atom is 0 e. The van der Waals surface area contributed by atoms with Gasteiger partial charge in [0.1, 0.15) is 0 Å². The molecule has 0 aliphatic carbocycles. The molecule has 0 heterocycles. The van der Waals surface area contributed by atoms with Crippen molar-refractivity contribution in [3.8, 4) is 0 Å². The molecule has 0 aromatic carbocycles. The van der Waals surface area contributed by atoms with Crippen LogP contribution < -0.4 is 0 Å². The molecule has 7 heavy (non-hydrogen) atoms. The molecule has 0 saturated carbocycles. The smallest absolute Gasteiger partial charge is 0 e. The monoisotopic (exact) mass is 775 g/mol. The average Bonchev–Trinajstić information content (AvgIpc) is 1.00. The summed E-state index contributed by atoms with van der Waals surface area (Å²) in [4.78, 5) is 0. The van der Waals surface area contributed by atoms with Crippen molar-refractivity contribution in [2.45, 2.75) is 0 Å². The van der Waals surface area contributed by atoms with Gasteiger partial charge in [0.25, 0.3) is 0 Å². The Morgan fingerprint density at radius 1 is 1.14 bits per heavy atom. The van der Waals surface area contributed by atoms with Crippen LogP contribution in [0.15, 0.2) is 0 Å². The zero-order valence-corrected chi connectivity index (χ0v) is 17.2. The second kappa shape index (κ2) is 47.3. The van der Waals surface area contributed by atoms with Crippen LogP contribution in [-0.2, 0) is 133 Å². The van der Waals surface area contributed by atoms with Crippen LogP contribution in [-0.4, -0.2) is 6.20 Å². The van der Waals surface area contributed by atoms with Gasteiger partial charge in [-0.15, -0.1) is 0 Å². The summed E-state index contributed by atoms with van der Waals surface area (Å²) in [6.45, 7) is 0. The Balaban J connectivity index is -0.000000000500. The van der Waals surface area contributed by atoms with E-state index in [4.69, 9.17) is 0 Å². The SMILES string of the molecule is [BH2][Re].[Co].[Cr].[Hf].[Pt].[Y]. The van der Waals surface area contributed by atoms with Crippen molar-refractivity contribution in [1.29, 1.82) is 0 Å². The van der Waals surface area contributed by atoms with E-state index in [1.54, 1.807) is 19.0 Å². The summed E-state index contributed by atoms with van der Waals surface area (Å²) >= 11 is 1.72. The van der Waals surface area contributed by atoms with Crippen LogP contribution in [0.5, 0.6) is 0 Å². The molecule has 0 aliphatic rings. The van der Waals surface area contributed by atoms with Crippen LogP contribution in [0.1, 0.15) is 0 Å². The first kappa shape index (κ1) is 42.2. The first-order valence-corrected chi connectivity index (χ1v) is 3.09. The van der Waals surface area contributed by atoms with Crippen molar-refractivity contribution in [3.05, 3.63) is 0 Å². The molecule has 0 saturated heterocycles. The largest absolute Gasteiger partial charge is 0 e. The van der Waals surface area contributed by atoms with Gasteiger partial charge >= 0.3 is 25.2 Å². The van der Waals surface area contributed by atoms with E-state index in [1.807, 2.05) is 0 Å². The molecule has 0 bridgehead atoms. The maximum absolute atomic E-state index is 2.06. The zero-order valence-electron chi connectivity index (χ0n) is 3.51. The van der Waals surface area contributed by atoms with Crippen molar-refractivity contribution >= 4 is 6.20 Å². The van der Waals surface area contributed by atoms with E-state index in [-0.39, 0.29) is 114 Å². The standard InChI is InChI=1S/BH2.Co.Cr.Hf.Pt.Re.Y/h1H2;;;;;;/q+1;;;;;-1;. The maximum atomic E-state index is 2.06. The summed E-state index contributed by atoms with van der Waals surface area (Å²) in [5, 5.41) is 0. The van der Waals surface area contributed by atoms with E-state index in [0.717, 1.165) is 0 Å². The minimum atomic E-state index is 0. The molecule has 0 aromatic heterocycles. The van der Waals surface area contributed by atoms with Crippen LogP contribution in [0.2, 0.25) is 0 Å². The van der Waals surface area contributed by atoms with Gasteiger partial charge in [-0.1, -0.05) is 0 Å². The second-order valence-corrected chi connectivity index (χ2v) is 0. The summed E-state index contributed by atoms with van der Waals surface area (Å²) in [6.07, 6.45) is 2.06. The third-order valence-electron chi connectivity index (χ3n) is 0. The average molecular weight is 772 g/mol. The van der Waals surface area contributed by atoms with E-state index in [2.05, 4.69) is 6.20 Å². The fourth-order valence-corrected chi connectivity index (χ4v) is 0. The molecule has 44 valence electrons. The summed E-state index contributed by atoms with van der Waals surface area (Å²) in [6, 6.07) is 0.